The highest BCUT2D eigenvalue weighted by atomic mass is 15.1. The molecule has 1 aromatic rings. The standard InChI is InChI=1S/C17H27N/c1-14-9-11-16(12-10-14)17(13-18(2)3)15-7-5-4-6-8-15/h9-12,15,17H,4-8,13H2,1-3H3/i4D2,5D2,6D2,7D2,8D2,15D,17D. The van der Waals surface area contributed by atoms with Gasteiger partial charge in [-0.05, 0) is 51.1 Å². The van der Waals surface area contributed by atoms with Crippen LogP contribution in [0.3, 0.4) is 0 Å². The van der Waals surface area contributed by atoms with Crippen molar-refractivity contribution in [1.29, 1.82) is 0 Å². The van der Waals surface area contributed by atoms with Crippen LogP contribution in [0.5, 0.6) is 0 Å². The molecule has 1 aliphatic carbocycles. The summed E-state index contributed by atoms with van der Waals surface area (Å²) in [5.74, 6) is -5.86. The van der Waals surface area contributed by atoms with Gasteiger partial charge in [-0.2, -0.15) is 0 Å². The first-order valence-electron chi connectivity index (χ1n) is 11.9. The zero-order chi connectivity index (χ0) is 23.8. The zero-order valence-electron chi connectivity index (χ0n) is 23.0. The molecule has 0 spiro atoms. The summed E-state index contributed by atoms with van der Waals surface area (Å²) in [6, 6.07) is 6.02. The predicted octanol–water partition coefficient (Wildman–Crippen LogP) is 4.22. The normalized spacial score (nSPS) is 46.4. The second-order valence-electron chi connectivity index (χ2n) is 4.58. The van der Waals surface area contributed by atoms with Gasteiger partial charge >= 0.3 is 0 Å². The summed E-state index contributed by atoms with van der Waals surface area (Å²) >= 11 is 0. The Kier molecular flexibility index (Phi) is 1.75. The van der Waals surface area contributed by atoms with Crippen LogP contribution in [0.15, 0.2) is 24.3 Å². The molecule has 18 heavy (non-hydrogen) atoms. The zero-order valence-corrected chi connectivity index (χ0v) is 11.0. The molecule has 0 bridgehead atoms. The van der Waals surface area contributed by atoms with Crippen LogP contribution >= 0.6 is 0 Å². The van der Waals surface area contributed by atoms with Gasteiger partial charge in [-0.15, -0.1) is 0 Å². The van der Waals surface area contributed by atoms with Gasteiger partial charge in [0, 0.05) is 23.0 Å². The van der Waals surface area contributed by atoms with Crippen molar-refractivity contribution in [3.05, 3.63) is 35.4 Å². The molecule has 0 amide bonds. The van der Waals surface area contributed by atoms with E-state index in [1.54, 1.807) is 19.1 Å². The summed E-state index contributed by atoms with van der Waals surface area (Å²) in [5, 5.41) is 0. The Balaban J connectivity index is 3.01. The van der Waals surface area contributed by atoms with E-state index in [9.17, 15) is 1.37 Å². The first-order chi connectivity index (χ1) is 13.2. The Hall–Kier alpha value is -0.820. The van der Waals surface area contributed by atoms with E-state index in [-0.39, 0.29) is 5.56 Å². The van der Waals surface area contributed by atoms with Gasteiger partial charge < -0.3 is 4.90 Å². The predicted molar refractivity (Wildman–Crippen MR) is 79.0 cm³/mol. The first-order valence-corrected chi connectivity index (χ1v) is 5.89. The van der Waals surface area contributed by atoms with Gasteiger partial charge in [0.05, 0.1) is 0 Å². The second kappa shape index (κ2) is 6.38. The van der Waals surface area contributed by atoms with Crippen molar-refractivity contribution in [3.8, 4) is 0 Å². The Labute approximate surface area is 129 Å². The fraction of sp³-hybridized carbons (Fsp3) is 0.647. The molecule has 1 saturated carbocycles. The van der Waals surface area contributed by atoms with Gasteiger partial charge in [0.1, 0.15) is 0 Å². The molecular weight excluding hydrogens is 218 g/mol. The molecular formula is C17H27N. The minimum atomic E-state index is -3.61. The molecule has 1 heteroatoms. The summed E-state index contributed by atoms with van der Waals surface area (Å²) < 4.78 is 101. The van der Waals surface area contributed by atoms with E-state index in [1.165, 1.54) is 31.1 Å². The molecule has 1 fully saturated rings. The Morgan fingerprint density at radius 3 is 2.44 bits per heavy atom. The second-order valence-corrected chi connectivity index (χ2v) is 4.58. The van der Waals surface area contributed by atoms with Crippen molar-refractivity contribution in [2.75, 3.05) is 20.6 Å². The molecule has 0 heterocycles. The lowest BCUT2D eigenvalue weighted by Gasteiger charge is -2.32. The van der Waals surface area contributed by atoms with E-state index in [0.717, 1.165) is 5.56 Å². The lowest BCUT2D eigenvalue weighted by atomic mass is 9.76. The highest BCUT2D eigenvalue weighted by Gasteiger charge is 2.25. The molecule has 1 aliphatic rings. The third-order valence-electron chi connectivity index (χ3n) is 2.68. The van der Waals surface area contributed by atoms with Crippen LogP contribution < -0.4 is 0 Å². The molecule has 0 aromatic heterocycles. The molecule has 1 unspecified atom stereocenters. The van der Waals surface area contributed by atoms with Crippen molar-refractivity contribution in [2.45, 2.75) is 44.7 Å². The van der Waals surface area contributed by atoms with Gasteiger partial charge in [-0.3, -0.25) is 0 Å². The SMILES string of the molecule is [2H]C(CN(C)C)(c1ccc(C)cc1)C1([2H])C([2H])([2H])C([2H])([2H])C([2H])([2H])C([2H])([2H])C1([2H])[2H]. The van der Waals surface area contributed by atoms with Gasteiger partial charge in [0.2, 0.25) is 0 Å². The van der Waals surface area contributed by atoms with Crippen molar-refractivity contribution in [3.63, 3.8) is 0 Å². The van der Waals surface area contributed by atoms with Crippen LogP contribution in [0.2, 0.25) is 0 Å². The Bertz CT molecular complexity index is 771. The summed E-state index contributed by atoms with van der Waals surface area (Å²) in [6.45, 7) is 1.34. The summed E-state index contributed by atoms with van der Waals surface area (Å²) in [7, 11) is 3.05. The number of hydrogen-bond donors (Lipinski definition) is 0. The Morgan fingerprint density at radius 2 is 1.89 bits per heavy atom. The molecule has 0 N–H and O–H groups in total. The third-order valence-corrected chi connectivity index (χ3v) is 2.68. The lowest BCUT2D eigenvalue weighted by Crippen LogP contribution is -2.27. The van der Waals surface area contributed by atoms with Gasteiger partial charge in [-0.25, -0.2) is 0 Å². The first kappa shape index (κ1) is 4.94. The van der Waals surface area contributed by atoms with Crippen molar-refractivity contribution in [1.82, 2.24) is 4.90 Å². The number of rotatable bonds is 4. The van der Waals surface area contributed by atoms with Crippen LogP contribution in [0.25, 0.3) is 0 Å². The number of benzene rings is 1. The number of hydrogen-bond acceptors (Lipinski definition) is 1. The molecule has 0 aliphatic heterocycles. The van der Waals surface area contributed by atoms with Crippen LogP contribution in [-0.4, -0.2) is 25.5 Å². The maximum absolute atomic E-state index is 9.18. The molecule has 1 atom stereocenters. The maximum atomic E-state index is 9.18. The van der Waals surface area contributed by atoms with Crippen LogP contribution in [0.4, 0.5) is 0 Å². The number of aryl methyl sites for hydroxylation is 1. The van der Waals surface area contributed by atoms with Crippen molar-refractivity contribution >= 4 is 0 Å². The summed E-state index contributed by atoms with van der Waals surface area (Å²) in [5.41, 5.74) is 0.806. The van der Waals surface area contributed by atoms with Crippen molar-refractivity contribution in [2.24, 2.45) is 5.89 Å². The van der Waals surface area contributed by atoms with Crippen LogP contribution in [-0.2, 0) is 0 Å². The van der Waals surface area contributed by atoms with Gasteiger partial charge in [0.15, 0.2) is 0 Å². The molecule has 0 saturated heterocycles. The van der Waals surface area contributed by atoms with Gasteiger partial charge in [-0.1, -0.05) is 48.9 Å². The van der Waals surface area contributed by atoms with Crippen LogP contribution in [0.1, 0.15) is 65.3 Å². The molecule has 100 valence electrons. The maximum Gasteiger partial charge on any atom is 0.0368 e. The largest absolute Gasteiger partial charge is 0.309 e. The van der Waals surface area contributed by atoms with Gasteiger partial charge in [0.25, 0.3) is 0 Å². The fourth-order valence-electron chi connectivity index (χ4n) is 1.79. The van der Waals surface area contributed by atoms with Crippen molar-refractivity contribution < 1.29 is 16.4 Å². The number of nitrogens with zero attached hydrogens (tertiary/aromatic N) is 1. The monoisotopic (exact) mass is 257 g/mol. The average molecular weight is 257 g/mol. The van der Waals surface area contributed by atoms with E-state index in [2.05, 4.69) is 0 Å². The lowest BCUT2D eigenvalue weighted by molar-refractivity contribution is 0.253. The highest BCUT2D eigenvalue weighted by Crippen LogP contribution is 2.36. The quantitative estimate of drug-likeness (QED) is 0.780. The minimum Gasteiger partial charge on any atom is -0.309 e. The third kappa shape index (κ3) is 3.58. The minimum absolute atomic E-state index is 0.0126. The van der Waals surface area contributed by atoms with E-state index < -0.39 is 50.2 Å². The van der Waals surface area contributed by atoms with E-state index >= 15 is 0 Å². The smallest absolute Gasteiger partial charge is 0.0368 e. The topological polar surface area (TPSA) is 3.24 Å². The fourth-order valence-corrected chi connectivity index (χ4v) is 1.79. The molecule has 1 aromatic carbocycles. The number of likely N-dealkylation sites (N-methyl/N-ethyl adjacent to an activating group) is 1. The summed E-state index contributed by atoms with van der Waals surface area (Å²) in [4.78, 5) is 1.42. The van der Waals surface area contributed by atoms with E-state index in [0.29, 0.717) is 0 Å². The Morgan fingerprint density at radius 1 is 1.28 bits per heavy atom. The average Bonchev–Trinajstić information content (AvgIpc) is 2.58. The highest BCUT2D eigenvalue weighted by molar-refractivity contribution is 5.25. The summed E-state index contributed by atoms with van der Waals surface area (Å²) in [6.07, 6.45) is -18.0. The molecule has 2 rings (SSSR count). The molecule has 1 nitrogen and oxygen atoms in total. The van der Waals surface area contributed by atoms with E-state index in [4.69, 9.17) is 15.1 Å². The van der Waals surface area contributed by atoms with E-state index in [1.807, 2.05) is 0 Å². The molecule has 0 radical (unpaired) electrons. The van der Waals surface area contributed by atoms with Crippen LogP contribution in [0, 0.1) is 12.8 Å².